The van der Waals surface area contributed by atoms with Gasteiger partial charge in [0.25, 0.3) is 0 Å². The Hall–Kier alpha value is -1.55. The smallest absolute Gasteiger partial charge is 0.310 e. The molecule has 1 aliphatic rings. The number of anilines is 1. The van der Waals surface area contributed by atoms with Gasteiger partial charge >= 0.3 is 5.97 Å². The summed E-state index contributed by atoms with van der Waals surface area (Å²) in [6.07, 6.45) is 0. The van der Waals surface area contributed by atoms with Crippen LogP contribution in [0.15, 0.2) is 29.3 Å². The van der Waals surface area contributed by atoms with Crippen molar-refractivity contribution in [2.24, 2.45) is 16.8 Å². The van der Waals surface area contributed by atoms with Gasteiger partial charge in [0.05, 0.1) is 19.6 Å². The average Bonchev–Trinajstić information content (AvgIpc) is 3.04. The molecule has 7 nitrogen and oxygen atoms in total. The van der Waals surface area contributed by atoms with Crippen molar-refractivity contribution in [3.63, 3.8) is 0 Å². The lowest BCUT2D eigenvalue weighted by Gasteiger charge is -2.21. The van der Waals surface area contributed by atoms with Gasteiger partial charge in [-0.05, 0) is 23.6 Å². The van der Waals surface area contributed by atoms with Gasteiger partial charge in [-0.3, -0.25) is 9.79 Å². The molecule has 1 saturated heterocycles. The molecular formula is C19H31IN4O3. The summed E-state index contributed by atoms with van der Waals surface area (Å²) < 4.78 is 9.93. The van der Waals surface area contributed by atoms with E-state index in [4.69, 9.17) is 9.47 Å². The van der Waals surface area contributed by atoms with Crippen LogP contribution in [0.2, 0.25) is 0 Å². The topological polar surface area (TPSA) is 75.2 Å². The van der Waals surface area contributed by atoms with Gasteiger partial charge in [0.1, 0.15) is 0 Å². The molecule has 0 spiro atoms. The number of hydrogen-bond acceptors (Lipinski definition) is 5. The van der Waals surface area contributed by atoms with Crippen LogP contribution in [0, 0.1) is 11.8 Å². The van der Waals surface area contributed by atoms with E-state index in [1.54, 1.807) is 14.2 Å². The highest BCUT2D eigenvalue weighted by molar-refractivity contribution is 14.0. The molecule has 2 unspecified atom stereocenters. The van der Waals surface area contributed by atoms with Crippen molar-refractivity contribution in [2.45, 2.75) is 13.5 Å². The van der Waals surface area contributed by atoms with Crippen LogP contribution in [0.3, 0.4) is 0 Å². The number of carbonyl (C=O) groups excluding carboxylic acids is 1. The molecule has 2 atom stereocenters. The lowest BCUT2D eigenvalue weighted by Crippen LogP contribution is -2.40. The van der Waals surface area contributed by atoms with Crippen molar-refractivity contribution in [3.05, 3.63) is 29.8 Å². The summed E-state index contributed by atoms with van der Waals surface area (Å²) in [5.41, 5.74) is 2.24. The fourth-order valence-corrected chi connectivity index (χ4v) is 3.15. The summed E-state index contributed by atoms with van der Waals surface area (Å²) in [7, 11) is 4.90. The summed E-state index contributed by atoms with van der Waals surface area (Å²) >= 11 is 0. The second kappa shape index (κ2) is 12.0. The first-order valence-electron chi connectivity index (χ1n) is 8.94. The second-order valence-electron chi connectivity index (χ2n) is 6.53. The molecule has 27 heavy (non-hydrogen) atoms. The molecule has 1 aromatic rings. The van der Waals surface area contributed by atoms with Gasteiger partial charge in [-0.2, -0.15) is 0 Å². The number of guanidine groups is 1. The molecule has 0 radical (unpaired) electrons. The SMILES string of the molecule is CN=C(NCc1ccc(NCCOC)cc1)N1CC(C)C(C(=O)OC)C1.I. The van der Waals surface area contributed by atoms with Crippen molar-refractivity contribution < 1.29 is 14.3 Å². The molecule has 1 aliphatic heterocycles. The van der Waals surface area contributed by atoms with Gasteiger partial charge in [0.2, 0.25) is 0 Å². The maximum atomic E-state index is 11.9. The second-order valence-corrected chi connectivity index (χ2v) is 6.53. The van der Waals surface area contributed by atoms with Crippen LogP contribution in [-0.4, -0.2) is 64.3 Å². The number of methoxy groups -OCH3 is 2. The number of carbonyl (C=O) groups is 1. The highest BCUT2D eigenvalue weighted by Crippen LogP contribution is 2.24. The first-order valence-corrected chi connectivity index (χ1v) is 8.94. The standard InChI is InChI=1S/C19H30N4O3.HI/c1-14-12-23(13-17(14)18(24)26-4)19(20-2)22-11-15-5-7-16(8-6-15)21-9-10-25-3;/h5-8,14,17,21H,9-13H2,1-4H3,(H,20,22);1H. The summed E-state index contributed by atoms with van der Waals surface area (Å²) in [5, 5.41) is 6.68. The maximum absolute atomic E-state index is 11.9. The van der Waals surface area contributed by atoms with Crippen LogP contribution in [0.5, 0.6) is 0 Å². The van der Waals surface area contributed by atoms with E-state index >= 15 is 0 Å². The third-order valence-corrected chi connectivity index (χ3v) is 4.67. The molecular weight excluding hydrogens is 459 g/mol. The third kappa shape index (κ3) is 6.84. The lowest BCUT2D eigenvalue weighted by atomic mass is 9.99. The van der Waals surface area contributed by atoms with Crippen molar-refractivity contribution in [1.82, 2.24) is 10.2 Å². The fourth-order valence-electron chi connectivity index (χ4n) is 3.15. The number of halogens is 1. The predicted molar refractivity (Wildman–Crippen MR) is 119 cm³/mol. The minimum atomic E-state index is -0.146. The van der Waals surface area contributed by atoms with Gasteiger partial charge in [0, 0.05) is 46.0 Å². The van der Waals surface area contributed by atoms with Crippen LogP contribution in [0.1, 0.15) is 12.5 Å². The van der Waals surface area contributed by atoms with E-state index in [1.807, 2.05) is 0 Å². The van der Waals surface area contributed by atoms with Crippen molar-refractivity contribution in [2.75, 3.05) is 52.8 Å². The molecule has 1 heterocycles. The number of nitrogens with zero attached hydrogens (tertiary/aromatic N) is 2. The number of ether oxygens (including phenoxy) is 2. The Morgan fingerprint density at radius 1 is 1.26 bits per heavy atom. The van der Waals surface area contributed by atoms with E-state index in [0.717, 1.165) is 24.7 Å². The van der Waals surface area contributed by atoms with Crippen molar-refractivity contribution in [1.29, 1.82) is 0 Å². The highest BCUT2D eigenvalue weighted by atomic mass is 127. The zero-order valence-electron chi connectivity index (χ0n) is 16.5. The number of aliphatic imine (C=N–C) groups is 1. The molecule has 1 aromatic carbocycles. The quantitative estimate of drug-likeness (QED) is 0.201. The van der Waals surface area contributed by atoms with Crippen LogP contribution in [0.25, 0.3) is 0 Å². The third-order valence-electron chi connectivity index (χ3n) is 4.67. The number of likely N-dealkylation sites (tertiary alicyclic amines) is 1. The first kappa shape index (κ1) is 23.5. The van der Waals surface area contributed by atoms with E-state index in [1.165, 1.54) is 12.7 Å². The van der Waals surface area contributed by atoms with Crippen molar-refractivity contribution >= 4 is 41.6 Å². The number of benzene rings is 1. The summed E-state index contributed by atoms with van der Waals surface area (Å²) in [4.78, 5) is 18.3. The van der Waals surface area contributed by atoms with E-state index in [2.05, 4.69) is 51.7 Å². The van der Waals surface area contributed by atoms with Gasteiger partial charge in [-0.1, -0.05) is 19.1 Å². The Kier molecular flexibility index (Phi) is 10.5. The predicted octanol–water partition coefficient (Wildman–Crippen LogP) is 2.18. The average molecular weight is 490 g/mol. The van der Waals surface area contributed by atoms with Crippen molar-refractivity contribution in [3.8, 4) is 0 Å². The molecule has 0 aromatic heterocycles. The molecule has 0 saturated carbocycles. The van der Waals surface area contributed by atoms with E-state index in [9.17, 15) is 4.79 Å². The Labute approximate surface area is 178 Å². The Bertz CT molecular complexity index is 609. The van der Waals surface area contributed by atoms with E-state index < -0.39 is 0 Å². The normalized spacial score (nSPS) is 19.4. The zero-order valence-corrected chi connectivity index (χ0v) is 18.9. The van der Waals surface area contributed by atoms with E-state index in [0.29, 0.717) is 19.7 Å². The minimum absolute atomic E-state index is 0. The number of hydrogen-bond donors (Lipinski definition) is 2. The Morgan fingerprint density at radius 3 is 2.56 bits per heavy atom. The number of esters is 1. The molecule has 8 heteroatoms. The molecule has 0 bridgehead atoms. The summed E-state index contributed by atoms with van der Waals surface area (Å²) in [6, 6.07) is 8.28. The molecule has 1 fully saturated rings. The minimum Gasteiger partial charge on any atom is -0.469 e. The lowest BCUT2D eigenvalue weighted by molar-refractivity contribution is -0.145. The monoisotopic (exact) mass is 490 g/mol. The van der Waals surface area contributed by atoms with Gasteiger partial charge in [0.15, 0.2) is 5.96 Å². The van der Waals surface area contributed by atoms with E-state index in [-0.39, 0.29) is 41.8 Å². The largest absolute Gasteiger partial charge is 0.469 e. The Balaban J connectivity index is 0.00000364. The van der Waals surface area contributed by atoms with Crippen LogP contribution >= 0.6 is 24.0 Å². The Morgan fingerprint density at radius 2 is 1.96 bits per heavy atom. The number of rotatable bonds is 7. The molecule has 0 amide bonds. The molecule has 2 rings (SSSR count). The zero-order chi connectivity index (χ0) is 18.9. The maximum Gasteiger partial charge on any atom is 0.310 e. The molecule has 152 valence electrons. The highest BCUT2D eigenvalue weighted by Gasteiger charge is 2.36. The van der Waals surface area contributed by atoms with Crippen LogP contribution in [-0.2, 0) is 20.8 Å². The van der Waals surface area contributed by atoms with Crippen LogP contribution < -0.4 is 10.6 Å². The molecule has 2 N–H and O–H groups in total. The fraction of sp³-hybridized carbons (Fsp3) is 0.579. The van der Waals surface area contributed by atoms with Gasteiger partial charge in [-0.25, -0.2) is 0 Å². The van der Waals surface area contributed by atoms with Gasteiger partial charge in [-0.15, -0.1) is 24.0 Å². The first-order chi connectivity index (χ1) is 12.6. The molecule has 0 aliphatic carbocycles. The van der Waals surface area contributed by atoms with Crippen LogP contribution in [0.4, 0.5) is 5.69 Å². The summed E-state index contributed by atoms with van der Waals surface area (Å²) in [5.74, 6) is 0.812. The summed E-state index contributed by atoms with van der Waals surface area (Å²) in [6.45, 7) is 5.65. The number of nitrogens with one attached hydrogen (secondary N) is 2. The van der Waals surface area contributed by atoms with Gasteiger partial charge < -0.3 is 25.0 Å².